The third-order valence-corrected chi connectivity index (χ3v) is 10.8. The number of nitrogens with zero attached hydrogens (tertiary/aromatic N) is 2. The van der Waals surface area contributed by atoms with E-state index in [0.717, 1.165) is 10.8 Å². The molecular weight excluding hydrogens is 644 g/mol. The van der Waals surface area contributed by atoms with Gasteiger partial charge in [0.25, 0.3) is 0 Å². The molecule has 1 fully saturated rings. The van der Waals surface area contributed by atoms with Gasteiger partial charge in [-0.1, -0.05) is 48.5 Å². The second-order valence-electron chi connectivity index (χ2n) is 12.5. The van der Waals surface area contributed by atoms with Crippen LogP contribution in [0.3, 0.4) is 0 Å². The van der Waals surface area contributed by atoms with Crippen LogP contribution in [0.5, 0.6) is 11.5 Å². The molecule has 1 amide bonds. The van der Waals surface area contributed by atoms with Crippen LogP contribution in [-0.4, -0.2) is 61.8 Å². The molecular formula is C37H44N4O7S. The van der Waals surface area contributed by atoms with E-state index >= 15 is 0 Å². The number of rotatable bonds is 12. The number of esters is 1. The number of nitrogen functional groups attached to an aromatic ring is 1. The number of amides is 1. The van der Waals surface area contributed by atoms with Crippen molar-refractivity contribution in [1.82, 2.24) is 9.88 Å². The van der Waals surface area contributed by atoms with E-state index in [1.807, 2.05) is 51.1 Å². The van der Waals surface area contributed by atoms with Crippen molar-refractivity contribution in [2.24, 2.45) is 5.92 Å². The molecule has 11 nitrogen and oxygen atoms in total. The van der Waals surface area contributed by atoms with E-state index in [4.69, 9.17) is 19.9 Å². The highest BCUT2D eigenvalue weighted by Gasteiger charge is 2.46. The Kier molecular flexibility index (Phi) is 10.7. The first-order chi connectivity index (χ1) is 23.4. The lowest BCUT2D eigenvalue weighted by Gasteiger charge is -2.33. The number of benzene rings is 3. The molecule has 49 heavy (non-hydrogen) atoms. The number of likely N-dealkylation sites (tertiary alicyclic amines) is 1. The minimum Gasteiger partial charge on any atom is -0.490 e. The van der Waals surface area contributed by atoms with Crippen LogP contribution in [0.2, 0.25) is 0 Å². The van der Waals surface area contributed by atoms with Gasteiger partial charge in [0.15, 0.2) is 21.3 Å². The molecule has 4 aromatic rings. The number of pyridine rings is 1. The first-order valence-corrected chi connectivity index (χ1v) is 18.0. The number of hydrogen-bond acceptors (Lipinski definition) is 10. The Bertz CT molecular complexity index is 1950. The molecule has 0 spiro atoms. The van der Waals surface area contributed by atoms with Gasteiger partial charge in [0.1, 0.15) is 17.7 Å². The number of carbonyl (C=O) groups is 2. The molecule has 1 aromatic heterocycles. The molecule has 0 bridgehead atoms. The van der Waals surface area contributed by atoms with E-state index < -0.39 is 45.0 Å². The topological polar surface area (TPSA) is 150 Å². The van der Waals surface area contributed by atoms with E-state index in [9.17, 15) is 18.0 Å². The molecule has 3 N–H and O–H groups in total. The zero-order valence-corrected chi connectivity index (χ0v) is 29.5. The summed E-state index contributed by atoms with van der Waals surface area (Å²) in [5, 5.41) is 4.19. The number of carbonyl (C=O) groups excluding carboxylic acids is 2. The SMILES string of the molecule is CCOc1cc([C@@H](Nc2cc3ccccc3c(N)n2)C(=O)N2CC[C@H](C(=O)OC)[C@@H]2c2ccccc2S(=O)(=O)C(C)C)ccc1OC(C)C. The minimum absolute atomic E-state index is 0.0749. The van der Waals surface area contributed by atoms with Crippen LogP contribution in [0.25, 0.3) is 10.8 Å². The van der Waals surface area contributed by atoms with E-state index in [-0.39, 0.29) is 24.0 Å². The molecule has 3 atom stereocenters. The molecule has 1 saturated heterocycles. The van der Waals surface area contributed by atoms with Gasteiger partial charge in [0, 0.05) is 11.9 Å². The summed E-state index contributed by atoms with van der Waals surface area (Å²) in [6, 6.07) is 19.2. The van der Waals surface area contributed by atoms with Crippen LogP contribution in [0.15, 0.2) is 77.7 Å². The molecule has 0 saturated carbocycles. The van der Waals surface area contributed by atoms with Crippen LogP contribution in [0.1, 0.15) is 64.3 Å². The second-order valence-corrected chi connectivity index (χ2v) is 15.0. The van der Waals surface area contributed by atoms with Gasteiger partial charge >= 0.3 is 5.97 Å². The zero-order valence-electron chi connectivity index (χ0n) is 28.7. The predicted octanol–water partition coefficient (Wildman–Crippen LogP) is 6.10. The van der Waals surface area contributed by atoms with Gasteiger partial charge in [-0.3, -0.25) is 9.59 Å². The van der Waals surface area contributed by atoms with Crippen molar-refractivity contribution < 1.29 is 32.2 Å². The summed E-state index contributed by atoms with van der Waals surface area (Å²) in [5.74, 6) is -0.0944. The Labute approximate surface area is 287 Å². The van der Waals surface area contributed by atoms with Gasteiger partial charge in [0.2, 0.25) is 5.91 Å². The van der Waals surface area contributed by atoms with E-state index in [1.165, 1.54) is 13.2 Å². The average Bonchev–Trinajstić information content (AvgIpc) is 3.52. The van der Waals surface area contributed by atoms with Crippen LogP contribution < -0.4 is 20.5 Å². The lowest BCUT2D eigenvalue weighted by Crippen LogP contribution is -2.40. The lowest BCUT2D eigenvalue weighted by molar-refractivity contribution is -0.147. The number of methoxy groups -OCH3 is 1. The van der Waals surface area contributed by atoms with Crippen LogP contribution in [-0.2, 0) is 24.2 Å². The lowest BCUT2D eigenvalue weighted by atomic mass is 9.93. The maximum atomic E-state index is 15.0. The number of aromatic nitrogens is 1. The quantitative estimate of drug-likeness (QED) is 0.167. The predicted molar refractivity (Wildman–Crippen MR) is 189 cm³/mol. The Morgan fingerprint density at radius 3 is 2.41 bits per heavy atom. The first-order valence-electron chi connectivity index (χ1n) is 16.4. The van der Waals surface area contributed by atoms with Gasteiger partial charge in [-0.15, -0.1) is 0 Å². The monoisotopic (exact) mass is 688 g/mol. The third kappa shape index (κ3) is 7.29. The number of nitrogens with one attached hydrogen (secondary N) is 1. The maximum Gasteiger partial charge on any atom is 0.311 e. The van der Waals surface area contributed by atoms with Crippen LogP contribution in [0.4, 0.5) is 11.6 Å². The van der Waals surface area contributed by atoms with Crippen LogP contribution in [0, 0.1) is 5.92 Å². The largest absolute Gasteiger partial charge is 0.490 e. The summed E-state index contributed by atoms with van der Waals surface area (Å²) in [6.07, 6.45) is 0.159. The average molecular weight is 689 g/mol. The van der Waals surface area contributed by atoms with Gasteiger partial charge in [-0.25, -0.2) is 13.4 Å². The van der Waals surface area contributed by atoms with Crippen molar-refractivity contribution in [3.63, 3.8) is 0 Å². The molecule has 2 heterocycles. The minimum atomic E-state index is -3.78. The summed E-state index contributed by atoms with van der Waals surface area (Å²) in [5.41, 5.74) is 7.26. The number of anilines is 2. The fourth-order valence-corrected chi connectivity index (χ4v) is 7.58. The molecule has 3 aromatic carbocycles. The summed E-state index contributed by atoms with van der Waals surface area (Å²) >= 11 is 0. The Morgan fingerprint density at radius 1 is 1.00 bits per heavy atom. The van der Waals surface area contributed by atoms with E-state index in [1.54, 1.807) is 55.1 Å². The fraction of sp³-hybridized carbons (Fsp3) is 0.378. The summed E-state index contributed by atoms with van der Waals surface area (Å²) in [7, 11) is -2.49. The van der Waals surface area contributed by atoms with Crippen LogP contribution >= 0.6 is 0 Å². The molecule has 0 radical (unpaired) electrons. The van der Waals surface area contributed by atoms with Gasteiger partial charge in [0.05, 0.1) is 41.9 Å². The first kappa shape index (κ1) is 35.5. The van der Waals surface area contributed by atoms with Crippen molar-refractivity contribution >= 4 is 44.1 Å². The Hall–Kier alpha value is -4.84. The Morgan fingerprint density at radius 2 is 1.71 bits per heavy atom. The van der Waals surface area contributed by atoms with E-state index in [2.05, 4.69) is 10.3 Å². The zero-order chi connectivity index (χ0) is 35.5. The molecule has 5 rings (SSSR count). The molecule has 0 aliphatic carbocycles. The second kappa shape index (κ2) is 14.7. The van der Waals surface area contributed by atoms with Gasteiger partial charge in [-0.05, 0) is 81.8 Å². The maximum absolute atomic E-state index is 15.0. The molecule has 1 aliphatic heterocycles. The van der Waals surface area contributed by atoms with Crippen molar-refractivity contribution in [3.8, 4) is 11.5 Å². The highest BCUT2D eigenvalue weighted by molar-refractivity contribution is 7.92. The van der Waals surface area contributed by atoms with E-state index in [0.29, 0.717) is 40.9 Å². The molecule has 0 unspecified atom stereocenters. The normalized spacial score (nSPS) is 16.9. The number of hydrogen-bond donors (Lipinski definition) is 2. The molecule has 1 aliphatic rings. The van der Waals surface area contributed by atoms with Gasteiger partial charge in [-0.2, -0.15) is 0 Å². The fourth-order valence-electron chi connectivity index (χ4n) is 6.29. The summed E-state index contributed by atoms with van der Waals surface area (Å²) < 4.78 is 44.3. The highest BCUT2D eigenvalue weighted by atomic mass is 32.2. The smallest absolute Gasteiger partial charge is 0.311 e. The highest BCUT2D eigenvalue weighted by Crippen LogP contribution is 2.43. The van der Waals surface area contributed by atoms with Crippen molar-refractivity contribution in [2.75, 3.05) is 31.3 Å². The number of ether oxygens (including phenoxy) is 3. The van der Waals surface area contributed by atoms with Crippen molar-refractivity contribution in [1.29, 1.82) is 0 Å². The summed E-state index contributed by atoms with van der Waals surface area (Å²) in [6.45, 7) is 9.43. The molecule has 12 heteroatoms. The summed E-state index contributed by atoms with van der Waals surface area (Å²) in [4.78, 5) is 34.4. The van der Waals surface area contributed by atoms with Crippen molar-refractivity contribution in [2.45, 2.75) is 69.4 Å². The van der Waals surface area contributed by atoms with Gasteiger partial charge < -0.3 is 30.2 Å². The van der Waals surface area contributed by atoms with Crippen molar-refractivity contribution in [3.05, 3.63) is 83.9 Å². The standard InChI is InChI=1S/C37H44N4O7S/c1-7-47-30-20-25(16-17-29(30)48-22(2)3)33(39-32-21-24-12-8-9-13-26(24)35(38)40-32)36(42)41-19-18-28(37(43)46-6)34(41)27-14-10-11-15-31(27)49(44,45)23(4)5/h8-17,20-23,28,33-34H,7,18-19H2,1-6H3,(H3,38,39,40)/t28-,33+,34-/m0/s1. The molecule has 260 valence electrons. The number of nitrogens with two attached hydrogens (primary N) is 1. The Balaban J connectivity index is 1.66. The number of fused-ring (bicyclic) bond motifs is 1. The third-order valence-electron chi connectivity index (χ3n) is 8.62. The number of sulfone groups is 1.